The smallest absolute Gasteiger partial charge is 0.164 e. The fourth-order valence-corrected chi connectivity index (χ4v) is 2.63. The number of hydrogen-bond acceptors (Lipinski definition) is 3. The third-order valence-corrected chi connectivity index (χ3v) is 3.42. The summed E-state index contributed by atoms with van der Waals surface area (Å²) in [5.41, 5.74) is 1.11. The number of ether oxygens (including phenoxy) is 2. The maximum absolute atomic E-state index is 9.90. The summed E-state index contributed by atoms with van der Waals surface area (Å²) in [7, 11) is 0. The first-order valence-electron chi connectivity index (χ1n) is 6.12. The number of aromatic hydroxyl groups is 1. The lowest BCUT2D eigenvalue weighted by molar-refractivity contribution is 0.243. The van der Waals surface area contributed by atoms with Crippen molar-refractivity contribution in [3.8, 4) is 17.2 Å². The summed E-state index contributed by atoms with van der Waals surface area (Å²) < 4.78 is 11.2. The molecule has 0 spiro atoms. The quantitative estimate of drug-likeness (QED) is 0.797. The van der Waals surface area contributed by atoms with Crippen molar-refractivity contribution in [2.75, 3.05) is 6.61 Å². The molecule has 1 heterocycles. The van der Waals surface area contributed by atoms with Crippen LogP contribution in [-0.2, 0) is 0 Å². The summed E-state index contributed by atoms with van der Waals surface area (Å²) >= 11 is 0. The van der Waals surface area contributed by atoms with E-state index >= 15 is 0 Å². The Bertz CT molecular complexity index is 465. The molecule has 17 heavy (non-hydrogen) atoms. The third-order valence-electron chi connectivity index (χ3n) is 3.42. The van der Waals surface area contributed by atoms with E-state index in [0.717, 1.165) is 24.2 Å². The summed E-state index contributed by atoms with van der Waals surface area (Å²) in [6.45, 7) is 2.44. The van der Waals surface area contributed by atoms with E-state index in [-0.39, 0.29) is 11.9 Å². The van der Waals surface area contributed by atoms with Gasteiger partial charge in [0.2, 0.25) is 0 Å². The fourth-order valence-electron chi connectivity index (χ4n) is 2.63. The number of fused-ring (bicyclic) bond motifs is 3. The van der Waals surface area contributed by atoms with Gasteiger partial charge in [-0.3, -0.25) is 0 Å². The van der Waals surface area contributed by atoms with Crippen LogP contribution in [0.2, 0.25) is 0 Å². The second kappa shape index (κ2) is 3.99. The maximum atomic E-state index is 9.90. The van der Waals surface area contributed by atoms with Crippen LogP contribution in [0.5, 0.6) is 17.2 Å². The van der Waals surface area contributed by atoms with Crippen LogP contribution in [-0.4, -0.2) is 17.8 Å². The van der Waals surface area contributed by atoms with Crippen molar-refractivity contribution in [3.05, 3.63) is 29.8 Å². The highest BCUT2D eigenvalue weighted by Crippen LogP contribution is 2.47. The van der Waals surface area contributed by atoms with Gasteiger partial charge in [0.05, 0.1) is 6.61 Å². The Morgan fingerprint density at radius 3 is 3.18 bits per heavy atom. The molecule has 1 aliphatic carbocycles. The molecular formula is C14H16O3. The van der Waals surface area contributed by atoms with E-state index in [0.29, 0.717) is 18.3 Å². The molecule has 3 heteroatoms. The van der Waals surface area contributed by atoms with E-state index < -0.39 is 0 Å². The number of phenolic OH excluding ortho intramolecular Hbond substituents is 1. The van der Waals surface area contributed by atoms with Crippen LogP contribution in [0, 0.1) is 0 Å². The molecule has 0 bridgehead atoms. The van der Waals surface area contributed by atoms with E-state index in [9.17, 15) is 5.11 Å². The molecule has 3 nitrogen and oxygen atoms in total. The number of allylic oxidation sites excluding steroid dienone is 1. The van der Waals surface area contributed by atoms with Crippen LogP contribution < -0.4 is 9.47 Å². The molecule has 0 unspecified atom stereocenters. The maximum Gasteiger partial charge on any atom is 0.164 e. The van der Waals surface area contributed by atoms with Crippen LogP contribution in [0.1, 0.15) is 31.2 Å². The van der Waals surface area contributed by atoms with E-state index in [4.69, 9.17) is 9.47 Å². The van der Waals surface area contributed by atoms with Gasteiger partial charge in [0.25, 0.3) is 0 Å². The Morgan fingerprint density at radius 2 is 2.35 bits per heavy atom. The zero-order valence-corrected chi connectivity index (χ0v) is 9.85. The number of phenols is 1. The van der Waals surface area contributed by atoms with E-state index in [1.165, 1.54) is 0 Å². The lowest BCUT2D eigenvalue weighted by atomic mass is 9.87. The van der Waals surface area contributed by atoms with Gasteiger partial charge in [-0.25, -0.2) is 0 Å². The largest absolute Gasteiger partial charge is 0.504 e. The van der Waals surface area contributed by atoms with Crippen molar-refractivity contribution < 1.29 is 14.6 Å². The summed E-state index contributed by atoms with van der Waals surface area (Å²) in [4.78, 5) is 0. The fraction of sp³-hybridized carbons (Fsp3) is 0.429. The Kier molecular flexibility index (Phi) is 2.46. The predicted molar refractivity (Wildman–Crippen MR) is 64.8 cm³/mol. The van der Waals surface area contributed by atoms with Gasteiger partial charge in [-0.05, 0) is 31.9 Å². The minimum Gasteiger partial charge on any atom is -0.504 e. The molecule has 3 rings (SSSR count). The Balaban J connectivity index is 2.00. The van der Waals surface area contributed by atoms with Gasteiger partial charge in [-0.2, -0.15) is 0 Å². The topological polar surface area (TPSA) is 38.7 Å². The van der Waals surface area contributed by atoms with Gasteiger partial charge in [0, 0.05) is 17.5 Å². The Labute approximate surface area is 101 Å². The Hall–Kier alpha value is -1.64. The molecule has 1 N–H and O–H groups in total. The first-order chi connectivity index (χ1) is 8.29. The molecule has 2 aliphatic rings. The van der Waals surface area contributed by atoms with Crippen molar-refractivity contribution in [1.29, 1.82) is 0 Å². The number of benzene rings is 1. The highest BCUT2D eigenvalue weighted by atomic mass is 16.5. The van der Waals surface area contributed by atoms with E-state index in [1.807, 2.05) is 6.92 Å². The minimum absolute atomic E-state index is 0.134. The second-order valence-electron chi connectivity index (χ2n) is 4.49. The molecule has 90 valence electrons. The highest BCUT2D eigenvalue weighted by Gasteiger charge is 2.34. The monoisotopic (exact) mass is 232 g/mol. The molecule has 1 aliphatic heterocycles. The molecular weight excluding hydrogens is 216 g/mol. The first kappa shape index (κ1) is 10.5. The van der Waals surface area contributed by atoms with E-state index in [1.54, 1.807) is 12.1 Å². The number of hydrogen-bond donors (Lipinski definition) is 1. The molecule has 2 atom stereocenters. The van der Waals surface area contributed by atoms with Gasteiger partial charge >= 0.3 is 0 Å². The van der Waals surface area contributed by atoms with Crippen molar-refractivity contribution in [2.45, 2.75) is 31.8 Å². The molecule has 1 aromatic carbocycles. The van der Waals surface area contributed by atoms with Gasteiger partial charge in [0.1, 0.15) is 11.9 Å². The Morgan fingerprint density at radius 1 is 1.47 bits per heavy atom. The van der Waals surface area contributed by atoms with Crippen molar-refractivity contribution in [2.24, 2.45) is 0 Å². The zero-order valence-electron chi connectivity index (χ0n) is 9.85. The van der Waals surface area contributed by atoms with Gasteiger partial charge < -0.3 is 14.6 Å². The third kappa shape index (κ3) is 1.66. The van der Waals surface area contributed by atoms with Crippen molar-refractivity contribution >= 4 is 0 Å². The average molecular weight is 232 g/mol. The molecule has 0 aromatic heterocycles. The second-order valence-corrected chi connectivity index (χ2v) is 4.49. The molecule has 1 aromatic rings. The average Bonchev–Trinajstić information content (AvgIpc) is 2.68. The first-order valence-corrected chi connectivity index (χ1v) is 6.12. The van der Waals surface area contributed by atoms with Crippen LogP contribution >= 0.6 is 0 Å². The van der Waals surface area contributed by atoms with Crippen LogP contribution in [0.25, 0.3) is 0 Å². The highest BCUT2D eigenvalue weighted by molar-refractivity contribution is 5.54. The number of rotatable bonds is 2. The summed E-state index contributed by atoms with van der Waals surface area (Å²) in [5, 5.41) is 9.90. The van der Waals surface area contributed by atoms with E-state index in [2.05, 4.69) is 12.2 Å². The minimum atomic E-state index is 0.134. The molecule has 0 amide bonds. The lowest BCUT2D eigenvalue weighted by Gasteiger charge is -2.18. The normalized spacial score (nSPS) is 25.0. The molecule has 0 radical (unpaired) electrons. The molecule has 0 saturated carbocycles. The molecule has 0 fully saturated rings. The summed E-state index contributed by atoms with van der Waals surface area (Å²) in [6, 6.07) is 3.60. The predicted octanol–water partition coefficient (Wildman–Crippen LogP) is 2.99. The van der Waals surface area contributed by atoms with Gasteiger partial charge in [-0.15, -0.1) is 0 Å². The van der Waals surface area contributed by atoms with Crippen LogP contribution in [0.4, 0.5) is 0 Å². The van der Waals surface area contributed by atoms with Crippen LogP contribution in [0.3, 0.4) is 0 Å². The standard InChI is InChI=1S/C14H16O3/c1-2-16-14-8-13-10(7-11(14)15)9-5-3-4-6-12(9)17-13/h4,6-9,12,15H,2-3,5H2,1H3/t9-,12-/m1/s1. The van der Waals surface area contributed by atoms with Gasteiger partial charge in [0.15, 0.2) is 11.5 Å². The van der Waals surface area contributed by atoms with Crippen molar-refractivity contribution in [3.63, 3.8) is 0 Å². The summed E-state index contributed by atoms with van der Waals surface area (Å²) in [6.07, 6.45) is 6.58. The SMILES string of the molecule is CCOc1cc2c(cc1O)[C@H]1CCC=C[C@H]1O2. The lowest BCUT2D eigenvalue weighted by Crippen LogP contribution is -2.18. The van der Waals surface area contributed by atoms with Crippen LogP contribution in [0.15, 0.2) is 24.3 Å². The zero-order chi connectivity index (χ0) is 11.8. The van der Waals surface area contributed by atoms with Gasteiger partial charge in [-0.1, -0.05) is 6.08 Å². The molecule has 0 saturated heterocycles. The van der Waals surface area contributed by atoms with Crippen molar-refractivity contribution in [1.82, 2.24) is 0 Å². The summed E-state index contributed by atoms with van der Waals surface area (Å²) in [5.74, 6) is 1.96.